The molecule has 5 nitrogen and oxygen atoms in total. The zero-order valence-electron chi connectivity index (χ0n) is 10.0. The Morgan fingerprint density at radius 1 is 1.44 bits per heavy atom. The predicted octanol–water partition coefficient (Wildman–Crippen LogP) is 2.42. The first-order valence-corrected chi connectivity index (χ1v) is 5.36. The van der Waals surface area contributed by atoms with Gasteiger partial charge in [0.1, 0.15) is 5.76 Å². The zero-order valence-corrected chi connectivity index (χ0v) is 10.0. The van der Waals surface area contributed by atoms with Crippen molar-refractivity contribution in [1.29, 1.82) is 5.26 Å². The molecule has 1 amide bonds. The number of aryl methyl sites for hydroxylation is 1. The Bertz CT molecular complexity index is 638. The molecule has 0 atom stereocenters. The van der Waals surface area contributed by atoms with Gasteiger partial charge in [-0.1, -0.05) is 11.2 Å². The van der Waals surface area contributed by atoms with Crippen LogP contribution in [0.3, 0.4) is 0 Å². The van der Waals surface area contributed by atoms with Crippen molar-refractivity contribution in [2.45, 2.75) is 13.8 Å². The highest BCUT2D eigenvalue weighted by molar-refractivity contribution is 6.03. The molecular formula is C13H11N3O2. The molecule has 0 spiro atoms. The van der Waals surface area contributed by atoms with Crippen molar-refractivity contribution in [1.82, 2.24) is 5.16 Å². The van der Waals surface area contributed by atoms with Gasteiger partial charge >= 0.3 is 0 Å². The number of nitrogens with zero attached hydrogens (tertiary/aromatic N) is 2. The minimum absolute atomic E-state index is 0.259. The second kappa shape index (κ2) is 4.72. The zero-order chi connectivity index (χ0) is 13.1. The van der Waals surface area contributed by atoms with Crippen LogP contribution in [0.4, 0.5) is 5.69 Å². The Morgan fingerprint density at radius 2 is 2.22 bits per heavy atom. The highest BCUT2D eigenvalue weighted by atomic mass is 16.5. The van der Waals surface area contributed by atoms with E-state index in [9.17, 15) is 4.79 Å². The van der Waals surface area contributed by atoms with Gasteiger partial charge < -0.3 is 9.84 Å². The topological polar surface area (TPSA) is 78.9 Å². The molecule has 18 heavy (non-hydrogen) atoms. The molecule has 0 radical (unpaired) electrons. The fourth-order valence-electron chi connectivity index (χ4n) is 1.49. The number of anilines is 1. The number of carbonyl (C=O) groups is 1. The minimum atomic E-state index is -0.348. The lowest BCUT2D eigenvalue weighted by molar-refractivity contribution is 0.101. The molecule has 1 heterocycles. The van der Waals surface area contributed by atoms with E-state index in [1.807, 2.05) is 6.07 Å². The van der Waals surface area contributed by atoms with E-state index in [1.54, 1.807) is 38.1 Å². The quantitative estimate of drug-likeness (QED) is 0.875. The number of amides is 1. The molecule has 1 N–H and O–H groups in total. The number of rotatable bonds is 2. The van der Waals surface area contributed by atoms with Crippen LogP contribution in [0.1, 0.15) is 27.4 Å². The number of hydrogen-bond acceptors (Lipinski definition) is 4. The van der Waals surface area contributed by atoms with Gasteiger partial charge in [0.25, 0.3) is 5.91 Å². The first kappa shape index (κ1) is 11.9. The van der Waals surface area contributed by atoms with Crippen molar-refractivity contribution < 1.29 is 9.32 Å². The Labute approximate surface area is 104 Å². The molecule has 90 valence electrons. The summed E-state index contributed by atoms with van der Waals surface area (Å²) in [5.41, 5.74) is 2.01. The van der Waals surface area contributed by atoms with Crippen LogP contribution in [-0.4, -0.2) is 11.1 Å². The first-order chi connectivity index (χ1) is 8.61. The molecule has 5 heteroatoms. The molecule has 0 aliphatic heterocycles. The maximum atomic E-state index is 11.9. The molecule has 0 fully saturated rings. The number of nitrogens with one attached hydrogen (secondary N) is 1. The third-order valence-electron chi connectivity index (χ3n) is 2.62. The largest absolute Gasteiger partial charge is 0.361 e. The highest BCUT2D eigenvalue weighted by Gasteiger charge is 2.16. The van der Waals surface area contributed by atoms with E-state index < -0.39 is 0 Å². The van der Waals surface area contributed by atoms with Crippen molar-refractivity contribution >= 4 is 11.6 Å². The lowest BCUT2D eigenvalue weighted by Gasteiger charge is -2.03. The summed E-state index contributed by atoms with van der Waals surface area (Å²) in [5.74, 6) is 0.269. The monoisotopic (exact) mass is 241 g/mol. The Morgan fingerprint density at radius 3 is 2.83 bits per heavy atom. The number of hydrogen-bond donors (Lipinski definition) is 1. The fourth-order valence-corrected chi connectivity index (χ4v) is 1.49. The summed E-state index contributed by atoms with van der Waals surface area (Å²) in [6.45, 7) is 3.52. The molecule has 2 aromatic rings. The van der Waals surface area contributed by atoms with Crippen LogP contribution < -0.4 is 5.32 Å². The molecule has 0 saturated heterocycles. The van der Waals surface area contributed by atoms with Gasteiger partial charge in [0.15, 0.2) is 5.69 Å². The van der Waals surface area contributed by atoms with Gasteiger partial charge in [-0.3, -0.25) is 4.79 Å². The smallest absolute Gasteiger partial charge is 0.278 e. The van der Waals surface area contributed by atoms with Gasteiger partial charge in [-0.15, -0.1) is 0 Å². The molecular weight excluding hydrogens is 230 g/mol. The summed E-state index contributed by atoms with van der Waals surface area (Å²) in [4.78, 5) is 11.9. The van der Waals surface area contributed by atoms with Gasteiger partial charge in [-0.25, -0.2) is 0 Å². The lowest BCUT2D eigenvalue weighted by Crippen LogP contribution is -2.13. The van der Waals surface area contributed by atoms with Crippen molar-refractivity contribution in [3.8, 4) is 6.07 Å². The summed E-state index contributed by atoms with van der Waals surface area (Å²) >= 11 is 0. The molecule has 1 aromatic carbocycles. The fraction of sp³-hybridized carbons (Fsp3) is 0.154. The molecule has 1 aromatic heterocycles. The number of benzene rings is 1. The summed E-state index contributed by atoms with van der Waals surface area (Å²) in [6.07, 6.45) is 0. The summed E-state index contributed by atoms with van der Waals surface area (Å²) in [5, 5.41) is 15.1. The van der Waals surface area contributed by atoms with Gasteiger partial charge in [-0.05, 0) is 32.0 Å². The summed E-state index contributed by atoms with van der Waals surface area (Å²) in [6, 6.07) is 8.69. The van der Waals surface area contributed by atoms with Gasteiger partial charge in [0, 0.05) is 11.3 Å². The van der Waals surface area contributed by atoms with Gasteiger partial charge in [0.2, 0.25) is 0 Å². The number of carbonyl (C=O) groups excluding carboxylic acids is 1. The van der Waals surface area contributed by atoms with Crippen LogP contribution >= 0.6 is 0 Å². The van der Waals surface area contributed by atoms with Gasteiger partial charge in [-0.2, -0.15) is 5.26 Å². The molecule has 0 aliphatic carbocycles. The maximum Gasteiger partial charge on any atom is 0.278 e. The maximum absolute atomic E-state index is 11.9. The van der Waals surface area contributed by atoms with E-state index in [0.29, 0.717) is 22.6 Å². The van der Waals surface area contributed by atoms with Crippen LogP contribution in [-0.2, 0) is 0 Å². The normalized spacial score (nSPS) is 9.83. The third kappa shape index (κ3) is 2.23. The van der Waals surface area contributed by atoms with Crippen LogP contribution in [0.5, 0.6) is 0 Å². The molecule has 0 saturated carbocycles. The van der Waals surface area contributed by atoms with E-state index in [-0.39, 0.29) is 11.6 Å². The van der Waals surface area contributed by atoms with Crippen molar-refractivity contribution in [3.05, 3.63) is 46.8 Å². The molecule has 0 unspecified atom stereocenters. The van der Waals surface area contributed by atoms with Crippen LogP contribution in [0.15, 0.2) is 28.8 Å². The Kier molecular flexibility index (Phi) is 3.11. The summed E-state index contributed by atoms with van der Waals surface area (Å²) < 4.78 is 4.94. The molecule has 0 aliphatic rings. The third-order valence-corrected chi connectivity index (χ3v) is 2.62. The van der Waals surface area contributed by atoms with E-state index >= 15 is 0 Å². The van der Waals surface area contributed by atoms with E-state index in [0.717, 1.165) is 0 Å². The average molecular weight is 241 g/mol. The second-order valence-corrected chi connectivity index (χ2v) is 3.86. The SMILES string of the molecule is Cc1onc(C(=O)Nc2cccc(C#N)c2)c1C. The van der Waals surface area contributed by atoms with Crippen molar-refractivity contribution in [2.24, 2.45) is 0 Å². The van der Waals surface area contributed by atoms with E-state index in [4.69, 9.17) is 9.78 Å². The Hall–Kier alpha value is -2.61. The number of nitriles is 1. The van der Waals surface area contributed by atoms with Crippen LogP contribution in [0.2, 0.25) is 0 Å². The van der Waals surface area contributed by atoms with Gasteiger partial charge in [0.05, 0.1) is 11.6 Å². The molecule has 2 rings (SSSR count). The minimum Gasteiger partial charge on any atom is -0.361 e. The number of aromatic nitrogens is 1. The highest BCUT2D eigenvalue weighted by Crippen LogP contribution is 2.15. The predicted molar refractivity (Wildman–Crippen MR) is 65.1 cm³/mol. The average Bonchev–Trinajstić information content (AvgIpc) is 2.70. The molecule has 0 bridgehead atoms. The lowest BCUT2D eigenvalue weighted by atomic mass is 10.2. The summed E-state index contributed by atoms with van der Waals surface area (Å²) in [7, 11) is 0. The first-order valence-electron chi connectivity index (χ1n) is 5.36. The second-order valence-electron chi connectivity index (χ2n) is 3.86. The van der Waals surface area contributed by atoms with Crippen molar-refractivity contribution in [3.63, 3.8) is 0 Å². The standard InChI is InChI=1S/C13H11N3O2/c1-8-9(2)18-16-12(8)13(17)15-11-5-3-4-10(6-11)7-14/h3-6H,1-2H3,(H,15,17). The Balaban J connectivity index is 2.22. The van der Waals surface area contributed by atoms with E-state index in [1.165, 1.54) is 0 Å². The van der Waals surface area contributed by atoms with Crippen molar-refractivity contribution in [2.75, 3.05) is 5.32 Å². The van der Waals surface area contributed by atoms with E-state index in [2.05, 4.69) is 10.5 Å². The van der Waals surface area contributed by atoms with Crippen LogP contribution in [0.25, 0.3) is 0 Å². The van der Waals surface area contributed by atoms with Crippen LogP contribution in [0, 0.1) is 25.2 Å².